The minimum Gasteiger partial charge on any atom is -0.394 e. The van der Waals surface area contributed by atoms with E-state index >= 15 is 0 Å². The van der Waals surface area contributed by atoms with Gasteiger partial charge in [0.2, 0.25) is 5.82 Å². The molecule has 0 spiro atoms. The van der Waals surface area contributed by atoms with E-state index in [1.54, 1.807) is 6.92 Å². The predicted octanol–water partition coefficient (Wildman–Crippen LogP) is 0.784. The molecule has 1 aliphatic rings. The van der Waals surface area contributed by atoms with Crippen molar-refractivity contribution in [2.75, 3.05) is 6.61 Å². The zero-order chi connectivity index (χ0) is 13.2. The smallest absolute Gasteiger partial charge is 0.291 e. The van der Waals surface area contributed by atoms with E-state index < -0.39 is 5.54 Å². The summed E-state index contributed by atoms with van der Waals surface area (Å²) in [6, 6.07) is 0. The Hall–Kier alpha value is -1.43. The number of aliphatic hydroxyl groups is 1. The molecule has 100 valence electrons. The first-order valence-electron chi connectivity index (χ1n) is 6.37. The standard InChI is InChI=1S/C12H20N4O2/c1-8-3-5-12(7-17,6-4-8)14-11(18)10-13-9(2)15-16-10/h8,17H,3-7H2,1-2H3,(H,14,18)(H,13,15,16). The molecule has 0 atom stereocenters. The summed E-state index contributed by atoms with van der Waals surface area (Å²) >= 11 is 0. The molecule has 1 amide bonds. The minimum atomic E-state index is -0.502. The minimum absolute atomic E-state index is 0.0329. The zero-order valence-corrected chi connectivity index (χ0v) is 10.9. The molecule has 1 saturated carbocycles. The van der Waals surface area contributed by atoms with Crippen molar-refractivity contribution < 1.29 is 9.90 Å². The molecule has 1 fully saturated rings. The molecule has 0 aliphatic heterocycles. The van der Waals surface area contributed by atoms with Crippen LogP contribution in [0.5, 0.6) is 0 Å². The van der Waals surface area contributed by atoms with Gasteiger partial charge in [0.05, 0.1) is 12.1 Å². The van der Waals surface area contributed by atoms with Crippen LogP contribution in [0.3, 0.4) is 0 Å². The molecule has 1 aliphatic carbocycles. The highest BCUT2D eigenvalue weighted by Gasteiger charge is 2.35. The third-order valence-electron chi connectivity index (χ3n) is 3.71. The lowest BCUT2D eigenvalue weighted by Crippen LogP contribution is -2.53. The molecule has 6 heteroatoms. The number of rotatable bonds is 3. The second-order valence-electron chi connectivity index (χ2n) is 5.32. The largest absolute Gasteiger partial charge is 0.394 e. The predicted molar refractivity (Wildman–Crippen MR) is 66.0 cm³/mol. The quantitative estimate of drug-likeness (QED) is 0.741. The summed E-state index contributed by atoms with van der Waals surface area (Å²) in [6.45, 7) is 3.91. The Bertz CT molecular complexity index is 421. The number of hydrogen-bond donors (Lipinski definition) is 3. The van der Waals surface area contributed by atoms with Crippen molar-refractivity contribution in [1.82, 2.24) is 20.5 Å². The number of amides is 1. The topological polar surface area (TPSA) is 90.9 Å². The summed E-state index contributed by atoms with van der Waals surface area (Å²) < 4.78 is 0. The van der Waals surface area contributed by atoms with Crippen molar-refractivity contribution in [2.45, 2.75) is 45.1 Å². The molecule has 6 nitrogen and oxygen atoms in total. The molecule has 0 aromatic carbocycles. The fraction of sp³-hybridized carbons (Fsp3) is 0.750. The average molecular weight is 252 g/mol. The van der Waals surface area contributed by atoms with E-state index in [9.17, 15) is 9.90 Å². The SMILES string of the molecule is Cc1nc(C(=O)NC2(CO)CCC(C)CC2)n[nH]1. The van der Waals surface area contributed by atoms with Crippen molar-refractivity contribution >= 4 is 5.91 Å². The van der Waals surface area contributed by atoms with Crippen molar-refractivity contribution in [3.05, 3.63) is 11.6 Å². The fourth-order valence-electron chi connectivity index (χ4n) is 2.38. The molecule has 1 aromatic heterocycles. The van der Waals surface area contributed by atoms with Crippen molar-refractivity contribution in [2.24, 2.45) is 5.92 Å². The van der Waals surface area contributed by atoms with Crippen LogP contribution in [-0.4, -0.2) is 38.3 Å². The summed E-state index contributed by atoms with van der Waals surface area (Å²) in [5.41, 5.74) is -0.502. The summed E-state index contributed by atoms with van der Waals surface area (Å²) in [6.07, 6.45) is 3.65. The Morgan fingerprint density at radius 1 is 1.56 bits per heavy atom. The summed E-state index contributed by atoms with van der Waals surface area (Å²) in [5, 5.41) is 18.9. The monoisotopic (exact) mass is 252 g/mol. The first-order valence-corrected chi connectivity index (χ1v) is 6.37. The van der Waals surface area contributed by atoms with Gasteiger partial charge >= 0.3 is 0 Å². The van der Waals surface area contributed by atoms with Gasteiger partial charge in [0.15, 0.2) is 0 Å². The summed E-state index contributed by atoms with van der Waals surface area (Å²) in [5.74, 6) is 1.09. The van der Waals surface area contributed by atoms with E-state index in [4.69, 9.17) is 0 Å². The Morgan fingerprint density at radius 2 is 2.22 bits per heavy atom. The average Bonchev–Trinajstić information content (AvgIpc) is 2.79. The molecule has 0 radical (unpaired) electrons. The van der Waals surface area contributed by atoms with Gasteiger partial charge in [-0.25, -0.2) is 4.98 Å². The number of aromatic amines is 1. The molecule has 1 aromatic rings. The Balaban J connectivity index is 2.04. The van der Waals surface area contributed by atoms with Gasteiger partial charge in [-0.3, -0.25) is 9.89 Å². The summed E-state index contributed by atoms with van der Waals surface area (Å²) in [4.78, 5) is 16.0. The van der Waals surface area contributed by atoms with E-state index in [1.165, 1.54) is 0 Å². The Kier molecular flexibility index (Phi) is 3.65. The van der Waals surface area contributed by atoms with Gasteiger partial charge in [-0.1, -0.05) is 6.92 Å². The first-order chi connectivity index (χ1) is 8.54. The van der Waals surface area contributed by atoms with Gasteiger partial charge in [0.25, 0.3) is 5.91 Å². The maximum absolute atomic E-state index is 12.0. The number of hydrogen-bond acceptors (Lipinski definition) is 4. The van der Waals surface area contributed by atoms with E-state index in [2.05, 4.69) is 27.4 Å². The number of aromatic nitrogens is 3. The molecule has 0 bridgehead atoms. The Morgan fingerprint density at radius 3 is 2.72 bits per heavy atom. The van der Waals surface area contributed by atoms with Crippen molar-refractivity contribution in [3.63, 3.8) is 0 Å². The van der Waals surface area contributed by atoms with Crippen LogP contribution < -0.4 is 5.32 Å². The lowest BCUT2D eigenvalue weighted by Gasteiger charge is -2.38. The van der Waals surface area contributed by atoms with Gasteiger partial charge in [-0.15, -0.1) is 5.10 Å². The van der Waals surface area contributed by atoms with Crippen molar-refractivity contribution in [3.8, 4) is 0 Å². The van der Waals surface area contributed by atoms with Gasteiger partial charge in [0.1, 0.15) is 5.82 Å². The van der Waals surface area contributed by atoms with Crippen LogP contribution in [0, 0.1) is 12.8 Å². The lowest BCUT2D eigenvalue weighted by atomic mass is 9.77. The number of aryl methyl sites for hydroxylation is 1. The van der Waals surface area contributed by atoms with E-state index in [0.717, 1.165) is 25.7 Å². The van der Waals surface area contributed by atoms with E-state index in [0.29, 0.717) is 11.7 Å². The van der Waals surface area contributed by atoms with Gasteiger partial charge in [-0.2, -0.15) is 0 Å². The summed E-state index contributed by atoms with van der Waals surface area (Å²) in [7, 11) is 0. The van der Waals surface area contributed by atoms with Crippen molar-refractivity contribution in [1.29, 1.82) is 0 Å². The van der Waals surface area contributed by atoms with E-state index in [1.807, 2.05) is 0 Å². The van der Waals surface area contributed by atoms with Crippen LogP contribution in [0.25, 0.3) is 0 Å². The zero-order valence-electron chi connectivity index (χ0n) is 10.9. The molecule has 18 heavy (non-hydrogen) atoms. The number of carbonyl (C=O) groups excluding carboxylic acids is 1. The number of nitrogens with one attached hydrogen (secondary N) is 2. The molecule has 2 rings (SSSR count). The van der Waals surface area contributed by atoms with Crippen LogP contribution in [0.15, 0.2) is 0 Å². The molecule has 0 unspecified atom stereocenters. The lowest BCUT2D eigenvalue weighted by molar-refractivity contribution is 0.0708. The normalized spacial score (nSPS) is 28.1. The number of nitrogens with zero attached hydrogens (tertiary/aromatic N) is 2. The van der Waals surface area contributed by atoms with Crippen LogP contribution in [-0.2, 0) is 0 Å². The van der Waals surface area contributed by atoms with Crippen LogP contribution >= 0.6 is 0 Å². The number of H-pyrrole nitrogens is 1. The highest BCUT2D eigenvalue weighted by atomic mass is 16.3. The van der Waals surface area contributed by atoms with Gasteiger partial charge in [-0.05, 0) is 38.5 Å². The molecule has 0 saturated heterocycles. The van der Waals surface area contributed by atoms with Gasteiger partial charge in [0, 0.05) is 0 Å². The number of carbonyl (C=O) groups is 1. The van der Waals surface area contributed by atoms with Gasteiger partial charge < -0.3 is 10.4 Å². The van der Waals surface area contributed by atoms with Crippen LogP contribution in [0.4, 0.5) is 0 Å². The third kappa shape index (κ3) is 2.69. The maximum Gasteiger partial charge on any atom is 0.291 e. The molecular weight excluding hydrogens is 232 g/mol. The third-order valence-corrected chi connectivity index (χ3v) is 3.71. The molecule has 1 heterocycles. The second kappa shape index (κ2) is 5.06. The second-order valence-corrected chi connectivity index (χ2v) is 5.32. The molecule has 3 N–H and O–H groups in total. The first kappa shape index (κ1) is 13.0. The van der Waals surface area contributed by atoms with Crippen LogP contribution in [0.2, 0.25) is 0 Å². The van der Waals surface area contributed by atoms with E-state index in [-0.39, 0.29) is 18.3 Å². The number of aliphatic hydroxyl groups excluding tert-OH is 1. The highest BCUT2D eigenvalue weighted by Crippen LogP contribution is 2.31. The van der Waals surface area contributed by atoms with Crippen LogP contribution in [0.1, 0.15) is 49.1 Å². The molecular formula is C12H20N4O2. The highest BCUT2D eigenvalue weighted by molar-refractivity contribution is 5.90. The Labute approximate surface area is 106 Å². The fourth-order valence-corrected chi connectivity index (χ4v) is 2.38. The maximum atomic E-state index is 12.0.